The third-order valence-corrected chi connectivity index (χ3v) is 4.83. The molecule has 1 atom stereocenters. The van der Waals surface area contributed by atoms with Gasteiger partial charge in [0.25, 0.3) is 0 Å². The standard InChI is InChI=1S/C19H22BrCl2NO3/c1-3-25-18-8-14(10-23-9-12(2)24)6-15(20)19(18)26-11-13-4-5-16(21)17(22)7-13/h4-8,12,23-24H,3,9-11H2,1-2H3/t12-/m0/s1. The zero-order valence-corrected chi connectivity index (χ0v) is 17.8. The summed E-state index contributed by atoms with van der Waals surface area (Å²) in [6.07, 6.45) is -0.390. The molecule has 0 aliphatic carbocycles. The molecule has 0 unspecified atom stereocenters. The first-order chi connectivity index (χ1) is 12.4. The van der Waals surface area contributed by atoms with Crippen molar-refractivity contribution in [1.29, 1.82) is 0 Å². The van der Waals surface area contributed by atoms with E-state index in [1.54, 1.807) is 19.1 Å². The first kappa shape index (κ1) is 21.3. The molecule has 0 heterocycles. The topological polar surface area (TPSA) is 50.7 Å². The zero-order chi connectivity index (χ0) is 19.1. The smallest absolute Gasteiger partial charge is 0.175 e. The Bertz CT molecular complexity index is 741. The van der Waals surface area contributed by atoms with Crippen LogP contribution in [0.5, 0.6) is 11.5 Å². The van der Waals surface area contributed by atoms with Crippen LogP contribution in [0, 0.1) is 0 Å². The van der Waals surface area contributed by atoms with Gasteiger partial charge in [-0.15, -0.1) is 0 Å². The SMILES string of the molecule is CCOc1cc(CNC[C@H](C)O)cc(Br)c1OCc1ccc(Cl)c(Cl)c1. The molecule has 0 aliphatic rings. The van der Waals surface area contributed by atoms with Crippen molar-refractivity contribution in [2.24, 2.45) is 0 Å². The molecule has 0 radical (unpaired) electrons. The molecule has 0 aromatic heterocycles. The van der Waals surface area contributed by atoms with Gasteiger partial charge in [-0.1, -0.05) is 29.3 Å². The van der Waals surface area contributed by atoms with Crippen molar-refractivity contribution in [1.82, 2.24) is 5.32 Å². The van der Waals surface area contributed by atoms with Gasteiger partial charge in [0, 0.05) is 13.1 Å². The second kappa shape index (κ2) is 10.4. The first-order valence-electron chi connectivity index (χ1n) is 8.31. The number of halogens is 3. The van der Waals surface area contributed by atoms with Gasteiger partial charge < -0.3 is 19.9 Å². The molecule has 142 valence electrons. The molecule has 2 rings (SSSR count). The Morgan fingerprint density at radius 2 is 1.88 bits per heavy atom. The second-order valence-electron chi connectivity index (χ2n) is 5.85. The van der Waals surface area contributed by atoms with Crippen molar-refractivity contribution in [3.8, 4) is 11.5 Å². The lowest BCUT2D eigenvalue weighted by Crippen LogP contribution is -2.23. The summed E-state index contributed by atoms with van der Waals surface area (Å²) in [5, 5.41) is 13.6. The fourth-order valence-corrected chi connectivity index (χ4v) is 3.26. The van der Waals surface area contributed by atoms with E-state index >= 15 is 0 Å². The van der Waals surface area contributed by atoms with Crippen LogP contribution in [0.4, 0.5) is 0 Å². The minimum absolute atomic E-state index is 0.342. The van der Waals surface area contributed by atoms with E-state index in [1.807, 2.05) is 25.1 Å². The summed E-state index contributed by atoms with van der Waals surface area (Å²) in [7, 11) is 0. The van der Waals surface area contributed by atoms with Crippen LogP contribution in [0.3, 0.4) is 0 Å². The number of aliphatic hydroxyl groups excluding tert-OH is 1. The molecule has 4 nitrogen and oxygen atoms in total. The Morgan fingerprint density at radius 1 is 1.12 bits per heavy atom. The molecule has 2 aromatic rings. The number of hydrogen-bond donors (Lipinski definition) is 2. The van der Waals surface area contributed by atoms with E-state index in [0.717, 1.165) is 15.6 Å². The van der Waals surface area contributed by atoms with Gasteiger partial charge in [-0.3, -0.25) is 0 Å². The molecule has 0 fully saturated rings. The van der Waals surface area contributed by atoms with Crippen molar-refractivity contribution in [3.05, 3.63) is 56.0 Å². The van der Waals surface area contributed by atoms with Gasteiger partial charge in [0.2, 0.25) is 0 Å². The van der Waals surface area contributed by atoms with Gasteiger partial charge >= 0.3 is 0 Å². The van der Waals surface area contributed by atoms with E-state index < -0.39 is 6.10 Å². The highest BCUT2D eigenvalue weighted by atomic mass is 79.9. The van der Waals surface area contributed by atoms with Crippen LogP contribution >= 0.6 is 39.1 Å². The Labute approximate surface area is 172 Å². The number of hydrogen-bond acceptors (Lipinski definition) is 4. The Balaban J connectivity index is 2.14. The molecule has 0 amide bonds. The van der Waals surface area contributed by atoms with Crippen molar-refractivity contribution in [3.63, 3.8) is 0 Å². The van der Waals surface area contributed by atoms with Gasteiger partial charge in [-0.05, 0) is 65.2 Å². The van der Waals surface area contributed by atoms with E-state index in [2.05, 4.69) is 21.2 Å². The van der Waals surface area contributed by atoms with E-state index in [-0.39, 0.29) is 0 Å². The fourth-order valence-electron chi connectivity index (χ4n) is 2.34. The quantitative estimate of drug-likeness (QED) is 0.537. The van der Waals surface area contributed by atoms with Crippen LogP contribution in [0.2, 0.25) is 10.0 Å². The summed E-state index contributed by atoms with van der Waals surface area (Å²) in [6.45, 7) is 5.69. The number of rotatable bonds is 9. The lowest BCUT2D eigenvalue weighted by molar-refractivity contribution is 0.191. The van der Waals surface area contributed by atoms with Crippen molar-refractivity contribution in [2.75, 3.05) is 13.2 Å². The summed E-state index contributed by atoms with van der Waals surface area (Å²) in [5.41, 5.74) is 1.94. The van der Waals surface area contributed by atoms with Gasteiger partial charge in [0.15, 0.2) is 11.5 Å². The molecule has 2 N–H and O–H groups in total. The largest absolute Gasteiger partial charge is 0.490 e. The normalized spacial score (nSPS) is 12.1. The minimum atomic E-state index is -0.390. The maximum atomic E-state index is 9.35. The van der Waals surface area contributed by atoms with E-state index in [0.29, 0.717) is 47.8 Å². The summed E-state index contributed by atoms with van der Waals surface area (Å²) in [4.78, 5) is 0. The summed E-state index contributed by atoms with van der Waals surface area (Å²) in [5.74, 6) is 1.30. The number of benzene rings is 2. The van der Waals surface area contributed by atoms with E-state index in [4.69, 9.17) is 32.7 Å². The predicted molar refractivity (Wildman–Crippen MR) is 109 cm³/mol. The van der Waals surface area contributed by atoms with Gasteiger partial charge in [-0.25, -0.2) is 0 Å². The summed E-state index contributed by atoms with van der Waals surface area (Å²) in [6, 6.07) is 9.32. The third kappa shape index (κ3) is 6.32. The molecule has 0 saturated carbocycles. The average Bonchev–Trinajstić information content (AvgIpc) is 2.57. The Kier molecular flexibility index (Phi) is 8.51. The van der Waals surface area contributed by atoms with Crippen molar-refractivity contribution in [2.45, 2.75) is 33.1 Å². The lowest BCUT2D eigenvalue weighted by Gasteiger charge is -2.16. The Morgan fingerprint density at radius 3 is 2.54 bits per heavy atom. The van der Waals surface area contributed by atoms with E-state index in [1.165, 1.54) is 0 Å². The monoisotopic (exact) mass is 461 g/mol. The second-order valence-corrected chi connectivity index (χ2v) is 7.52. The lowest BCUT2D eigenvalue weighted by atomic mass is 10.2. The molecular formula is C19H22BrCl2NO3. The zero-order valence-electron chi connectivity index (χ0n) is 14.7. The number of ether oxygens (including phenoxy) is 2. The van der Waals surface area contributed by atoms with Crippen LogP contribution < -0.4 is 14.8 Å². The third-order valence-electron chi connectivity index (χ3n) is 3.51. The maximum absolute atomic E-state index is 9.35. The summed E-state index contributed by atoms with van der Waals surface area (Å²) < 4.78 is 12.5. The van der Waals surface area contributed by atoms with Gasteiger partial charge in [0.1, 0.15) is 6.61 Å². The van der Waals surface area contributed by atoms with Crippen LogP contribution in [0.15, 0.2) is 34.8 Å². The predicted octanol–water partition coefficient (Wildman–Crippen LogP) is 5.20. The van der Waals surface area contributed by atoms with Crippen molar-refractivity contribution < 1.29 is 14.6 Å². The highest BCUT2D eigenvalue weighted by Crippen LogP contribution is 2.37. The number of nitrogens with one attached hydrogen (secondary N) is 1. The maximum Gasteiger partial charge on any atom is 0.175 e. The molecular weight excluding hydrogens is 441 g/mol. The molecule has 0 saturated heterocycles. The summed E-state index contributed by atoms with van der Waals surface area (Å²) >= 11 is 15.6. The van der Waals surface area contributed by atoms with Gasteiger partial charge in [0.05, 0.1) is 27.2 Å². The molecule has 0 bridgehead atoms. The minimum Gasteiger partial charge on any atom is -0.490 e. The van der Waals surface area contributed by atoms with Crippen molar-refractivity contribution >= 4 is 39.1 Å². The molecule has 2 aromatic carbocycles. The molecule has 26 heavy (non-hydrogen) atoms. The molecule has 0 spiro atoms. The van der Waals surface area contributed by atoms with Gasteiger partial charge in [-0.2, -0.15) is 0 Å². The Hall–Kier alpha value is -0.980. The van der Waals surface area contributed by atoms with Crippen LogP contribution in [0.25, 0.3) is 0 Å². The van der Waals surface area contributed by atoms with Crippen LogP contribution in [0.1, 0.15) is 25.0 Å². The molecule has 7 heteroatoms. The van der Waals surface area contributed by atoms with Crippen LogP contribution in [-0.2, 0) is 13.2 Å². The van der Waals surface area contributed by atoms with E-state index in [9.17, 15) is 5.11 Å². The highest BCUT2D eigenvalue weighted by molar-refractivity contribution is 9.10. The first-order valence-corrected chi connectivity index (χ1v) is 9.86. The molecule has 0 aliphatic heterocycles. The van der Waals surface area contributed by atoms with Crippen LogP contribution in [-0.4, -0.2) is 24.4 Å². The fraction of sp³-hybridized carbons (Fsp3) is 0.368. The number of aliphatic hydroxyl groups is 1. The highest BCUT2D eigenvalue weighted by Gasteiger charge is 2.13. The average molecular weight is 463 g/mol.